The summed E-state index contributed by atoms with van der Waals surface area (Å²) < 4.78 is 5.59. The molecule has 0 aliphatic carbocycles. The van der Waals surface area contributed by atoms with Crippen LogP contribution in [0.25, 0.3) is 10.8 Å². The Hall–Kier alpha value is -1.25. The van der Waals surface area contributed by atoms with Crippen LogP contribution in [0.4, 0.5) is 0 Å². The molecule has 1 atom stereocenters. The van der Waals surface area contributed by atoms with Crippen LogP contribution in [0, 0.1) is 6.92 Å². The number of aliphatic hydroxyl groups is 1. The molecule has 0 radical (unpaired) electrons. The topological polar surface area (TPSA) is 29.5 Å². The van der Waals surface area contributed by atoms with Crippen molar-refractivity contribution in [3.63, 3.8) is 0 Å². The number of rotatable bonds is 4. The molecule has 1 N–H and O–H groups in total. The quantitative estimate of drug-likeness (QED) is 0.845. The summed E-state index contributed by atoms with van der Waals surface area (Å²) in [6.45, 7) is 2.29. The Morgan fingerprint density at radius 1 is 1.18 bits per heavy atom. The van der Waals surface area contributed by atoms with Gasteiger partial charge >= 0.3 is 0 Å². The highest BCUT2D eigenvalue weighted by molar-refractivity contribution is 6.18. The monoisotopic (exact) mass is 250 g/mol. The van der Waals surface area contributed by atoms with E-state index in [-0.39, 0.29) is 12.5 Å². The van der Waals surface area contributed by atoms with Crippen molar-refractivity contribution in [3.05, 3.63) is 42.0 Å². The van der Waals surface area contributed by atoms with E-state index in [1.54, 1.807) is 0 Å². The maximum Gasteiger partial charge on any atom is 0.127 e. The van der Waals surface area contributed by atoms with Gasteiger partial charge in [0.05, 0.1) is 5.88 Å². The van der Waals surface area contributed by atoms with E-state index < -0.39 is 6.10 Å². The minimum absolute atomic E-state index is 0.184. The first-order valence-corrected chi connectivity index (χ1v) is 6.11. The molecule has 1 unspecified atom stereocenters. The second-order valence-corrected chi connectivity index (χ2v) is 4.35. The lowest BCUT2D eigenvalue weighted by molar-refractivity contribution is 0.126. The number of halogens is 1. The van der Waals surface area contributed by atoms with Gasteiger partial charge in [0.1, 0.15) is 18.5 Å². The largest absolute Gasteiger partial charge is 0.490 e. The van der Waals surface area contributed by atoms with E-state index in [0.29, 0.717) is 0 Å². The number of ether oxygens (including phenoxy) is 1. The molecular formula is C14H15ClO2. The summed E-state index contributed by atoms with van der Waals surface area (Å²) >= 11 is 5.53. The zero-order valence-electron chi connectivity index (χ0n) is 9.69. The van der Waals surface area contributed by atoms with Crippen molar-refractivity contribution in [2.24, 2.45) is 0 Å². The van der Waals surface area contributed by atoms with Gasteiger partial charge in [0.15, 0.2) is 0 Å². The number of hydrogen-bond acceptors (Lipinski definition) is 2. The Morgan fingerprint density at radius 2 is 1.88 bits per heavy atom. The molecule has 2 aromatic rings. The average Bonchev–Trinajstić information content (AvgIpc) is 2.38. The van der Waals surface area contributed by atoms with Crippen molar-refractivity contribution in [2.75, 3.05) is 12.5 Å². The van der Waals surface area contributed by atoms with E-state index in [4.69, 9.17) is 16.3 Å². The molecular weight excluding hydrogens is 236 g/mol. The van der Waals surface area contributed by atoms with E-state index in [0.717, 1.165) is 11.1 Å². The maximum absolute atomic E-state index is 9.39. The number of aliphatic hydroxyl groups excluding tert-OH is 1. The highest BCUT2D eigenvalue weighted by Crippen LogP contribution is 2.28. The Labute approximate surface area is 106 Å². The maximum atomic E-state index is 9.39. The van der Waals surface area contributed by atoms with E-state index >= 15 is 0 Å². The fourth-order valence-electron chi connectivity index (χ4n) is 1.78. The lowest BCUT2D eigenvalue weighted by Gasteiger charge is -2.12. The first-order chi connectivity index (χ1) is 8.22. The Morgan fingerprint density at radius 3 is 2.59 bits per heavy atom. The number of aryl methyl sites for hydroxylation is 1. The van der Waals surface area contributed by atoms with Gasteiger partial charge in [-0.3, -0.25) is 0 Å². The second-order valence-electron chi connectivity index (χ2n) is 4.05. The molecule has 90 valence electrons. The van der Waals surface area contributed by atoms with Gasteiger partial charge in [-0.25, -0.2) is 0 Å². The predicted octanol–water partition coefficient (Wildman–Crippen LogP) is 3.13. The first kappa shape index (κ1) is 12.2. The Bertz CT molecular complexity index is 511. The number of benzene rings is 2. The number of fused-ring (bicyclic) bond motifs is 1. The lowest BCUT2D eigenvalue weighted by Crippen LogP contribution is -2.18. The van der Waals surface area contributed by atoms with Crippen molar-refractivity contribution >= 4 is 22.4 Å². The summed E-state index contributed by atoms with van der Waals surface area (Å²) in [5.41, 5.74) is 1.21. The molecule has 0 aliphatic heterocycles. The molecule has 0 spiro atoms. The minimum atomic E-state index is -0.628. The smallest absolute Gasteiger partial charge is 0.127 e. The van der Waals surface area contributed by atoms with Crippen LogP contribution in [0.1, 0.15) is 5.56 Å². The van der Waals surface area contributed by atoms with Gasteiger partial charge in [0, 0.05) is 5.39 Å². The average molecular weight is 251 g/mol. The number of alkyl halides is 1. The van der Waals surface area contributed by atoms with Crippen LogP contribution in [0.3, 0.4) is 0 Å². The van der Waals surface area contributed by atoms with E-state index in [1.165, 1.54) is 10.9 Å². The van der Waals surface area contributed by atoms with Gasteiger partial charge in [-0.1, -0.05) is 30.3 Å². The SMILES string of the molecule is Cc1ccc(OCC(O)CCl)c2ccccc12. The normalized spacial score (nSPS) is 12.6. The standard InChI is InChI=1S/C14H15ClO2/c1-10-6-7-14(17-9-11(16)8-15)13-5-3-2-4-12(10)13/h2-7,11,16H,8-9H2,1H3. The third-order valence-electron chi connectivity index (χ3n) is 2.71. The fraction of sp³-hybridized carbons (Fsp3) is 0.286. The molecule has 2 nitrogen and oxygen atoms in total. The van der Waals surface area contributed by atoms with Gasteiger partial charge in [0.25, 0.3) is 0 Å². The van der Waals surface area contributed by atoms with Gasteiger partial charge < -0.3 is 9.84 Å². The third kappa shape index (κ3) is 2.71. The van der Waals surface area contributed by atoms with Gasteiger partial charge in [-0.15, -0.1) is 11.6 Å². The lowest BCUT2D eigenvalue weighted by atomic mass is 10.0. The highest BCUT2D eigenvalue weighted by atomic mass is 35.5. The minimum Gasteiger partial charge on any atom is -0.490 e. The van der Waals surface area contributed by atoms with Crippen molar-refractivity contribution in [2.45, 2.75) is 13.0 Å². The van der Waals surface area contributed by atoms with Crippen LogP contribution in [0.5, 0.6) is 5.75 Å². The summed E-state index contributed by atoms with van der Waals surface area (Å²) in [5, 5.41) is 11.6. The van der Waals surface area contributed by atoms with Crippen LogP contribution in [-0.2, 0) is 0 Å². The summed E-state index contributed by atoms with van der Waals surface area (Å²) in [4.78, 5) is 0. The molecule has 17 heavy (non-hydrogen) atoms. The first-order valence-electron chi connectivity index (χ1n) is 5.57. The molecule has 0 aliphatic rings. The summed E-state index contributed by atoms with van der Waals surface area (Å²) in [6, 6.07) is 12.0. The summed E-state index contributed by atoms with van der Waals surface area (Å²) in [5.74, 6) is 0.972. The van der Waals surface area contributed by atoms with Gasteiger partial charge in [-0.2, -0.15) is 0 Å². The molecule has 0 saturated heterocycles. The molecule has 3 heteroatoms. The van der Waals surface area contributed by atoms with E-state index in [2.05, 4.69) is 13.0 Å². The van der Waals surface area contributed by atoms with Crippen LogP contribution in [-0.4, -0.2) is 23.7 Å². The van der Waals surface area contributed by atoms with Crippen LogP contribution < -0.4 is 4.74 Å². The molecule has 2 aromatic carbocycles. The van der Waals surface area contributed by atoms with Crippen LogP contribution >= 0.6 is 11.6 Å². The Kier molecular flexibility index (Phi) is 3.87. The van der Waals surface area contributed by atoms with Crippen LogP contribution in [0.2, 0.25) is 0 Å². The van der Waals surface area contributed by atoms with Crippen molar-refractivity contribution in [1.29, 1.82) is 0 Å². The zero-order valence-corrected chi connectivity index (χ0v) is 10.4. The molecule has 0 fully saturated rings. The van der Waals surface area contributed by atoms with Crippen molar-refractivity contribution in [1.82, 2.24) is 0 Å². The number of hydrogen-bond donors (Lipinski definition) is 1. The van der Waals surface area contributed by atoms with Gasteiger partial charge in [0.2, 0.25) is 0 Å². The molecule has 0 heterocycles. The van der Waals surface area contributed by atoms with E-state index in [1.807, 2.05) is 30.3 Å². The van der Waals surface area contributed by atoms with Crippen molar-refractivity contribution < 1.29 is 9.84 Å². The fourth-order valence-corrected chi connectivity index (χ4v) is 1.87. The molecule has 0 aromatic heterocycles. The van der Waals surface area contributed by atoms with Crippen LogP contribution in [0.15, 0.2) is 36.4 Å². The predicted molar refractivity (Wildman–Crippen MR) is 70.9 cm³/mol. The molecule has 2 rings (SSSR count). The molecule has 0 bridgehead atoms. The zero-order chi connectivity index (χ0) is 12.3. The Balaban J connectivity index is 2.32. The van der Waals surface area contributed by atoms with Crippen molar-refractivity contribution in [3.8, 4) is 5.75 Å². The highest BCUT2D eigenvalue weighted by Gasteiger charge is 2.07. The second kappa shape index (κ2) is 5.39. The third-order valence-corrected chi connectivity index (χ3v) is 3.07. The molecule has 0 amide bonds. The molecule has 0 saturated carbocycles. The summed E-state index contributed by atoms with van der Waals surface area (Å²) in [6.07, 6.45) is -0.628. The van der Waals surface area contributed by atoms with Gasteiger partial charge in [-0.05, 0) is 23.9 Å². The summed E-state index contributed by atoms with van der Waals surface area (Å²) in [7, 11) is 0. The van der Waals surface area contributed by atoms with E-state index in [9.17, 15) is 5.11 Å².